The summed E-state index contributed by atoms with van der Waals surface area (Å²) in [6, 6.07) is 3.43. The van der Waals surface area contributed by atoms with E-state index in [4.69, 9.17) is 28.3 Å². The van der Waals surface area contributed by atoms with Crippen molar-refractivity contribution in [2.45, 2.75) is 18.9 Å². The van der Waals surface area contributed by atoms with E-state index in [0.29, 0.717) is 15.6 Å². The lowest BCUT2D eigenvalue weighted by molar-refractivity contribution is -0.154. The van der Waals surface area contributed by atoms with Gasteiger partial charge in [0.1, 0.15) is 6.04 Å². The van der Waals surface area contributed by atoms with Gasteiger partial charge in [-0.1, -0.05) is 29.3 Å². The van der Waals surface area contributed by atoms with E-state index in [0.717, 1.165) is 4.90 Å². The quantitative estimate of drug-likeness (QED) is 0.669. The third kappa shape index (κ3) is 5.71. The van der Waals surface area contributed by atoms with Crippen molar-refractivity contribution < 1.29 is 29.4 Å². The molecule has 2 rings (SSSR count). The van der Waals surface area contributed by atoms with Crippen molar-refractivity contribution in [3.05, 3.63) is 39.9 Å². The highest BCUT2D eigenvalue weighted by Crippen LogP contribution is 2.23. The van der Waals surface area contributed by atoms with Crippen molar-refractivity contribution in [1.82, 2.24) is 9.80 Å². The second-order valence-corrected chi connectivity index (χ2v) is 6.94. The van der Waals surface area contributed by atoms with Gasteiger partial charge in [-0.15, -0.1) is 0 Å². The summed E-state index contributed by atoms with van der Waals surface area (Å²) in [7, 11) is 0. The number of benzene rings is 1. The molecule has 1 heterocycles. The first-order valence-corrected chi connectivity index (χ1v) is 9.10. The number of halogens is 2. The Labute approximate surface area is 170 Å². The first-order valence-electron chi connectivity index (χ1n) is 8.35. The van der Waals surface area contributed by atoms with E-state index in [-0.39, 0.29) is 32.0 Å². The zero-order valence-corrected chi connectivity index (χ0v) is 16.2. The first-order chi connectivity index (χ1) is 13.2. The van der Waals surface area contributed by atoms with E-state index in [9.17, 15) is 24.3 Å². The van der Waals surface area contributed by atoms with Crippen molar-refractivity contribution in [1.29, 1.82) is 0 Å². The molecule has 1 aromatic carbocycles. The molecule has 1 atom stereocenters. The molecule has 0 saturated carbocycles. The molecular weight excluding hydrogens is 411 g/mol. The van der Waals surface area contributed by atoms with E-state index >= 15 is 0 Å². The summed E-state index contributed by atoms with van der Waals surface area (Å²) < 4.78 is 0. The molecule has 1 aliphatic heterocycles. The molecule has 2 N–H and O–H groups in total. The molecule has 28 heavy (non-hydrogen) atoms. The maximum Gasteiger partial charge on any atom is 0.327 e. The summed E-state index contributed by atoms with van der Waals surface area (Å²) in [5.41, 5.74) is 0.669. The smallest absolute Gasteiger partial charge is 0.327 e. The molecule has 0 bridgehead atoms. The molecule has 1 unspecified atom stereocenters. The molecule has 2 amide bonds. The van der Waals surface area contributed by atoms with Gasteiger partial charge in [0.25, 0.3) is 0 Å². The number of aliphatic carboxylic acids is 2. The normalized spacial score (nSPS) is 16.1. The van der Waals surface area contributed by atoms with Crippen LogP contribution in [0.3, 0.4) is 0 Å². The molecule has 1 fully saturated rings. The zero-order chi connectivity index (χ0) is 20.8. The minimum Gasteiger partial charge on any atom is -0.481 e. The van der Waals surface area contributed by atoms with Crippen LogP contribution in [0.5, 0.6) is 0 Å². The lowest BCUT2D eigenvalue weighted by Crippen LogP contribution is -2.47. The SMILES string of the molecule is O=C(O)CC(C(=O)O)N1CCN(C(=O)C=Cc2ccc(Cl)c(Cl)c2)CCC1=O. The molecule has 8 nitrogen and oxygen atoms in total. The van der Waals surface area contributed by atoms with E-state index in [2.05, 4.69) is 0 Å². The average molecular weight is 429 g/mol. The van der Waals surface area contributed by atoms with Gasteiger partial charge in [-0.25, -0.2) is 4.79 Å². The lowest BCUT2D eigenvalue weighted by atomic mass is 10.1. The Balaban J connectivity index is 2.06. The third-order valence-corrected chi connectivity index (χ3v) is 4.97. The van der Waals surface area contributed by atoms with Crippen LogP contribution in [-0.2, 0) is 19.2 Å². The summed E-state index contributed by atoms with van der Waals surface area (Å²) >= 11 is 11.8. The number of carbonyl (C=O) groups is 4. The Morgan fingerprint density at radius 2 is 1.82 bits per heavy atom. The van der Waals surface area contributed by atoms with Crippen LogP contribution in [0, 0.1) is 0 Å². The van der Waals surface area contributed by atoms with Crippen LogP contribution in [-0.4, -0.2) is 69.4 Å². The van der Waals surface area contributed by atoms with Crippen LogP contribution in [0.4, 0.5) is 0 Å². The highest BCUT2D eigenvalue weighted by Gasteiger charge is 2.34. The number of nitrogens with zero attached hydrogens (tertiary/aromatic N) is 2. The Hall–Kier alpha value is -2.58. The fraction of sp³-hybridized carbons (Fsp3) is 0.333. The van der Waals surface area contributed by atoms with Crippen molar-refractivity contribution in [2.75, 3.05) is 19.6 Å². The van der Waals surface area contributed by atoms with E-state index in [1.54, 1.807) is 24.3 Å². The van der Waals surface area contributed by atoms with Crippen molar-refractivity contribution in [2.24, 2.45) is 0 Å². The fourth-order valence-corrected chi connectivity index (χ4v) is 3.08. The van der Waals surface area contributed by atoms with Gasteiger partial charge in [0.05, 0.1) is 16.5 Å². The fourth-order valence-electron chi connectivity index (χ4n) is 2.77. The zero-order valence-electron chi connectivity index (χ0n) is 14.7. The van der Waals surface area contributed by atoms with Gasteiger partial charge >= 0.3 is 11.9 Å². The van der Waals surface area contributed by atoms with Gasteiger partial charge in [0, 0.05) is 32.1 Å². The van der Waals surface area contributed by atoms with E-state index in [1.165, 1.54) is 11.0 Å². The number of hydrogen-bond donors (Lipinski definition) is 2. The topological polar surface area (TPSA) is 115 Å². The molecule has 1 aliphatic rings. The summed E-state index contributed by atoms with van der Waals surface area (Å²) in [6.45, 7) is 0.147. The van der Waals surface area contributed by atoms with Crippen molar-refractivity contribution in [3.63, 3.8) is 0 Å². The average Bonchev–Trinajstić information content (AvgIpc) is 2.82. The highest BCUT2D eigenvalue weighted by molar-refractivity contribution is 6.42. The van der Waals surface area contributed by atoms with Gasteiger partial charge in [0.2, 0.25) is 11.8 Å². The van der Waals surface area contributed by atoms with Crippen LogP contribution in [0.2, 0.25) is 10.0 Å². The number of carboxylic acids is 2. The molecule has 0 radical (unpaired) electrons. The Bertz CT molecular complexity index is 826. The Kier molecular flexibility index (Phi) is 7.42. The maximum atomic E-state index is 12.4. The summed E-state index contributed by atoms with van der Waals surface area (Å²) in [6.07, 6.45) is 2.09. The Morgan fingerprint density at radius 1 is 1.11 bits per heavy atom. The molecule has 10 heteroatoms. The van der Waals surface area contributed by atoms with Crippen LogP contribution in [0.1, 0.15) is 18.4 Å². The predicted molar refractivity (Wildman–Crippen MR) is 102 cm³/mol. The van der Waals surface area contributed by atoms with Crippen LogP contribution < -0.4 is 0 Å². The van der Waals surface area contributed by atoms with E-state index in [1.807, 2.05) is 0 Å². The Morgan fingerprint density at radius 3 is 2.43 bits per heavy atom. The number of amides is 2. The number of carbonyl (C=O) groups excluding carboxylic acids is 2. The van der Waals surface area contributed by atoms with Crippen LogP contribution in [0.25, 0.3) is 6.08 Å². The second kappa shape index (κ2) is 9.57. The number of rotatable bonds is 6. The van der Waals surface area contributed by atoms with Gasteiger partial charge in [0.15, 0.2) is 0 Å². The van der Waals surface area contributed by atoms with Crippen LogP contribution in [0.15, 0.2) is 24.3 Å². The predicted octanol–water partition coefficient (Wildman–Crippen LogP) is 2.00. The lowest BCUT2D eigenvalue weighted by Gasteiger charge is -2.26. The van der Waals surface area contributed by atoms with E-state index < -0.39 is 30.3 Å². The van der Waals surface area contributed by atoms with Crippen molar-refractivity contribution >= 4 is 53.0 Å². The number of hydrogen-bond acceptors (Lipinski definition) is 4. The minimum absolute atomic E-state index is 0.0601. The summed E-state index contributed by atoms with van der Waals surface area (Å²) in [5.74, 6) is -3.57. The summed E-state index contributed by atoms with van der Waals surface area (Å²) in [4.78, 5) is 49.3. The number of carboxylic acid groups (broad SMARTS) is 2. The monoisotopic (exact) mass is 428 g/mol. The standard InChI is InChI=1S/C18H18Cl2N2O6/c19-12-3-1-11(9-13(12)20)2-4-15(23)21-6-5-16(24)22(8-7-21)14(18(27)28)10-17(25)26/h1-4,9,14H,5-8,10H2,(H,25,26)(H,27,28). The highest BCUT2D eigenvalue weighted by atomic mass is 35.5. The maximum absolute atomic E-state index is 12.4. The van der Waals surface area contributed by atoms with Crippen molar-refractivity contribution in [3.8, 4) is 0 Å². The molecule has 1 saturated heterocycles. The van der Waals surface area contributed by atoms with Gasteiger partial charge in [-0.2, -0.15) is 0 Å². The largest absolute Gasteiger partial charge is 0.481 e. The molecule has 0 aliphatic carbocycles. The van der Waals surface area contributed by atoms with Gasteiger partial charge < -0.3 is 20.0 Å². The molecule has 1 aromatic rings. The molecule has 0 aromatic heterocycles. The first kappa shape index (κ1) is 21.7. The summed E-state index contributed by atoms with van der Waals surface area (Å²) in [5, 5.41) is 18.9. The third-order valence-electron chi connectivity index (χ3n) is 4.23. The second-order valence-electron chi connectivity index (χ2n) is 6.12. The van der Waals surface area contributed by atoms with Crippen LogP contribution >= 0.6 is 23.2 Å². The minimum atomic E-state index is -1.47. The molecular formula is C18H18Cl2N2O6. The molecule has 0 spiro atoms. The van der Waals surface area contributed by atoms with Gasteiger partial charge in [-0.3, -0.25) is 14.4 Å². The molecule has 150 valence electrons. The van der Waals surface area contributed by atoms with Gasteiger partial charge in [-0.05, 0) is 23.8 Å².